The molecule has 0 aromatic carbocycles. The number of aryl methyl sites for hydroxylation is 1. The van der Waals surface area contributed by atoms with Gasteiger partial charge in [-0.25, -0.2) is 4.98 Å². The van der Waals surface area contributed by atoms with E-state index in [-0.39, 0.29) is 5.91 Å². The summed E-state index contributed by atoms with van der Waals surface area (Å²) in [4.78, 5) is 19.2. The summed E-state index contributed by atoms with van der Waals surface area (Å²) in [5, 5.41) is 4.59. The molecule has 0 bridgehead atoms. The van der Waals surface area contributed by atoms with Crippen LogP contribution in [0.4, 0.5) is 0 Å². The SMILES string of the molecule is C=C(C)CN(CC)C(=O)c1cc(-c2ccco2)nc2onc(C)c12. The first-order valence-electron chi connectivity index (χ1n) is 7.75. The molecule has 3 heterocycles. The van der Waals surface area contributed by atoms with Gasteiger partial charge in [-0.05, 0) is 39.0 Å². The van der Waals surface area contributed by atoms with Gasteiger partial charge in [0, 0.05) is 13.1 Å². The average Bonchev–Trinajstić information content (AvgIpc) is 3.21. The highest BCUT2D eigenvalue weighted by molar-refractivity contribution is 6.06. The van der Waals surface area contributed by atoms with Gasteiger partial charge in [0.2, 0.25) is 0 Å². The van der Waals surface area contributed by atoms with E-state index < -0.39 is 0 Å². The topological polar surface area (TPSA) is 72.4 Å². The van der Waals surface area contributed by atoms with Crippen LogP contribution in [0.25, 0.3) is 22.6 Å². The Morgan fingerprint density at radius 1 is 1.42 bits per heavy atom. The zero-order chi connectivity index (χ0) is 17.3. The van der Waals surface area contributed by atoms with Gasteiger partial charge in [-0.1, -0.05) is 17.3 Å². The number of amides is 1. The minimum Gasteiger partial charge on any atom is -0.463 e. The zero-order valence-corrected chi connectivity index (χ0v) is 14.0. The fraction of sp³-hybridized carbons (Fsp3) is 0.278. The molecule has 0 atom stereocenters. The maximum atomic E-state index is 13.1. The molecule has 0 aliphatic heterocycles. The molecule has 0 saturated carbocycles. The Morgan fingerprint density at radius 2 is 2.21 bits per heavy atom. The Morgan fingerprint density at radius 3 is 2.83 bits per heavy atom. The third-order valence-corrected chi connectivity index (χ3v) is 3.75. The maximum absolute atomic E-state index is 13.1. The maximum Gasteiger partial charge on any atom is 0.259 e. The Hall–Kier alpha value is -2.89. The average molecular weight is 325 g/mol. The molecule has 0 spiro atoms. The van der Waals surface area contributed by atoms with Crippen LogP contribution in [0.2, 0.25) is 0 Å². The molecule has 6 heteroatoms. The molecule has 0 aliphatic carbocycles. The number of fused-ring (bicyclic) bond motifs is 1. The van der Waals surface area contributed by atoms with Crippen LogP contribution in [0.5, 0.6) is 0 Å². The Bertz CT molecular complexity index is 894. The second-order valence-corrected chi connectivity index (χ2v) is 5.76. The molecule has 24 heavy (non-hydrogen) atoms. The molecule has 124 valence electrons. The number of hydrogen-bond donors (Lipinski definition) is 0. The molecule has 0 aliphatic rings. The van der Waals surface area contributed by atoms with Crippen molar-refractivity contribution in [2.75, 3.05) is 13.1 Å². The summed E-state index contributed by atoms with van der Waals surface area (Å²) in [5.41, 5.74) is 2.93. The fourth-order valence-corrected chi connectivity index (χ4v) is 2.64. The van der Waals surface area contributed by atoms with Crippen LogP contribution < -0.4 is 0 Å². The van der Waals surface area contributed by atoms with Crippen molar-refractivity contribution in [3.63, 3.8) is 0 Å². The van der Waals surface area contributed by atoms with Crippen molar-refractivity contribution in [1.82, 2.24) is 15.0 Å². The molecule has 0 fully saturated rings. The van der Waals surface area contributed by atoms with Crippen LogP contribution in [0.1, 0.15) is 29.9 Å². The number of pyridine rings is 1. The summed E-state index contributed by atoms with van der Waals surface area (Å²) < 4.78 is 10.7. The van der Waals surface area contributed by atoms with Gasteiger partial charge in [0.15, 0.2) is 5.76 Å². The monoisotopic (exact) mass is 325 g/mol. The van der Waals surface area contributed by atoms with E-state index in [0.717, 1.165) is 5.57 Å². The first kappa shape index (κ1) is 16.0. The van der Waals surface area contributed by atoms with E-state index in [1.807, 2.05) is 13.8 Å². The van der Waals surface area contributed by atoms with Crippen LogP contribution in [-0.2, 0) is 0 Å². The standard InChI is InChI=1S/C18H19N3O3/c1-5-21(10-11(2)3)18(22)13-9-14(15-7-6-8-23-15)19-17-16(13)12(4)20-24-17/h6-9H,2,5,10H2,1,3-4H3. The Kier molecular flexibility index (Phi) is 4.20. The first-order valence-corrected chi connectivity index (χ1v) is 7.75. The summed E-state index contributed by atoms with van der Waals surface area (Å²) in [6.45, 7) is 10.6. The minimum absolute atomic E-state index is 0.105. The van der Waals surface area contributed by atoms with Gasteiger partial charge >= 0.3 is 0 Å². The highest BCUT2D eigenvalue weighted by Crippen LogP contribution is 2.28. The fourth-order valence-electron chi connectivity index (χ4n) is 2.64. The molecule has 3 aromatic heterocycles. The van der Waals surface area contributed by atoms with Crippen molar-refractivity contribution in [3.05, 3.63) is 47.9 Å². The van der Waals surface area contributed by atoms with Crippen molar-refractivity contribution in [2.24, 2.45) is 0 Å². The summed E-state index contributed by atoms with van der Waals surface area (Å²) in [6, 6.07) is 5.29. The molecule has 0 saturated heterocycles. The number of rotatable bonds is 5. The lowest BCUT2D eigenvalue weighted by Crippen LogP contribution is -2.32. The van der Waals surface area contributed by atoms with Crippen LogP contribution in [0, 0.1) is 6.92 Å². The lowest BCUT2D eigenvalue weighted by atomic mass is 10.1. The van der Waals surface area contributed by atoms with E-state index in [1.54, 1.807) is 36.3 Å². The van der Waals surface area contributed by atoms with Gasteiger partial charge in [0.25, 0.3) is 11.6 Å². The summed E-state index contributed by atoms with van der Waals surface area (Å²) in [6.07, 6.45) is 1.56. The van der Waals surface area contributed by atoms with Gasteiger partial charge in [-0.3, -0.25) is 4.79 Å². The molecule has 0 unspecified atom stereocenters. The van der Waals surface area contributed by atoms with E-state index in [9.17, 15) is 4.79 Å². The minimum atomic E-state index is -0.105. The van der Waals surface area contributed by atoms with Gasteiger partial charge in [-0.2, -0.15) is 0 Å². The van der Waals surface area contributed by atoms with Crippen molar-refractivity contribution >= 4 is 17.0 Å². The lowest BCUT2D eigenvalue weighted by molar-refractivity contribution is 0.0780. The van der Waals surface area contributed by atoms with Crippen molar-refractivity contribution < 1.29 is 13.7 Å². The van der Waals surface area contributed by atoms with Gasteiger partial charge in [0.1, 0.15) is 5.69 Å². The molecular formula is C18H19N3O3. The lowest BCUT2D eigenvalue weighted by Gasteiger charge is -2.21. The zero-order valence-electron chi connectivity index (χ0n) is 14.0. The van der Waals surface area contributed by atoms with Crippen LogP contribution in [-0.4, -0.2) is 34.0 Å². The third-order valence-electron chi connectivity index (χ3n) is 3.75. The van der Waals surface area contributed by atoms with E-state index in [1.165, 1.54) is 0 Å². The summed E-state index contributed by atoms with van der Waals surface area (Å²) in [5.74, 6) is 0.468. The largest absolute Gasteiger partial charge is 0.463 e. The van der Waals surface area contributed by atoms with Crippen LogP contribution >= 0.6 is 0 Å². The molecule has 3 aromatic rings. The predicted octanol–water partition coefficient (Wildman–Crippen LogP) is 3.83. The van der Waals surface area contributed by atoms with E-state index in [0.29, 0.717) is 46.9 Å². The quantitative estimate of drug-likeness (QED) is 0.667. The number of carbonyl (C=O) groups excluding carboxylic acids is 1. The second kappa shape index (κ2) is 6.31. The van der Waals surface area contributed by atoms with Crippen LogP contribution in [0.15, 0.2) is 45.6 Å². The molecule has 0 N–H and O–H groups in total. The third kappa shape index (κ3) is 2.82. The predicted molar refractivity (Wildman–Crippen MR) is 90.6 cm³/mol. The van der Waals surface area contributed by atoms with Gasteiger partial charge in [-0.15, -0.1) is 0 Å². The molecule has 1 amide bonds. The van der Waals surface area contributed by atoms with Gasteiger partial charge in [0.05, 0.1) is 22.9 Å². The summed E-state index contributed by atoms with van der Waals surface area (Å²) in [7, 11) is 0. The molecule has 0 radical (unpaired) electrons. The van der Waals surface area contributed by atoms with Crippen LogP contribution in [0.3, 0.4) is 0 Å². The van der Waals surface area contributed by atoms with Crippen molar-refractivity contribution in [3.8, 4) is 11.5 Å². The van der Waals surface area contributed by atoms with E-state index in [2.05, 4.69) is 16.7 Å². The first-order chi connectivity index (χ1) is 11.5. The van der Waals surface area contributed by atoms with E-state index in [4.69, 9.17) is 8.94 Å². The summed E-state index contributed by atoms with van der Waals surface area (Å²) >= 11 is 0. The molecular weight excluding hydrogens is 306 g/mol. The second-order valence-electron chi connectivity index (χ2n) is 5.76. The normalized spacial score (nSPS) is 11.0. The molecule has 6 nitrogen and oxygen atoms in total. The number of hydrogen-bond acceptors (Lipinski definition) is 5. The Balaban J connectivity index is 2.16. The van der Waals surface area contributed by atoms with Crippen molar-refractivity contribution in [2.45, 2.75) is 20.8 Å². The highest BCUT2D eigenvalue weighted by atomic mass is 16.5. The van der Waals surface area contributed by atoms with Gasteiger partial charge < -0.3 is 13.8 Å². The van der Waals surface area contributed by atoms with Crippen molar-refractivity contribution in [1.29, 1.82) is 0 Å². The van der Waals surface area contributed by atoms with E-state index >= 15 is 0 Å². The number of carbonyl (C=O) groups is 1. The number of likely N-dealkylation sites (N-methyl/N-ethyl adjacent to an activating group) is 1. The Labute approximate surface area is 139 Å². The number of furan rings is 1. The highest BCUT2D eigenvalue weighted by Gasteiger charge is 2.23. The molecule has 3 rings (SSSR count). The number of aromatic nitrogens is 2. The smallest absolute Gasteiger partial charge is 0.259 e. The number of nitrogens with zero attached hydrogens (tertiary/aromatic N) is 3.